The van der Waals surface area contributed by atoms with Gasteiger partial charge in [-0.05, 0) is 17.7 Å². The summed E-state index contributed by atoms with van der Waals surface area (Å²) in [5.41, 5.74) is 3.29. The highest BCUT2D eigenvalue weighted by molar-refractivity contribution is 5.71. The van der Waals surface area contributed by atoms with Gasteiger partial charge in [-0.25, -0.2) is 0 Å². The highest BCUT2D eigenvalue weighted by Gasteiger charge is 2.25. The van der Waals surface area contributed by atoms with Gasteiger partial charge in [-0.2, -0.15) is 4.98 Å². The van der Waals surface area contributed by atoms with Crippen LogP contribution in [0.4, 0.5) is 11.4 Å². The fraction of sp³-hybridized carbons (Fsp3) is 0.200. The van der Waals surface area contributed by atoms with E-state index in [1.807, 2.05) is 48.5 Å². The minimum Gasteiger partial charge on any atom is -0.363 e. The van der Waals surface area contributed by atoms with E-state index < -0.39 is 0 Å². The minimum atomic E-state index is -0.344. The lowest BCUT2D eigenvalue weighted by Gasteiger charge is -2.35. The SMILES string of the molecule is O=[N+]([O-])c1cc(-c2nc(-c3ccccc3)no2)ccc1N1CCN(Cc2ccccc2)CC1. The lowest BCUT2D eigenvalue weighted by molar-refractivity contribution is -0.384. The number of anilines is 1. The summed E-state index contributed by atoms with van der Waals surface area (Å²) in [7, 11) is 0. The molecule has 0 bridgehead atoms. The van der Waals surface area contributed by atoms with Gasteiger partial charge < -0.3 is 9.42 Å². The molecule has 1 aliphatic rings. The summed E-state index contributed by atoms with van der Waals surface area (Å²) in [4.78, 5) is 20.4. The lowest BCUT2D eigenvalue weighted by atomic mass is 10.1. The van der Waals surface area contributed by atoms with Crippen LogP contribution in [0, 0.1) is 10.1 Å². The minimum absolute atomic E-state index is 0.0449. The summed E-state index contributed by atoms with van der Waals surface area (Å²) < 4.78 is 5.39. The average molecular weight is 441 g/mol. The van der Waals surface area contributed by atoms with Crippen LogP contribution in [0.2, 0.25) is 0 Å². The number of aromatic nitrogens is 2. The van der Waals surface area contributed by atoms with E-state index in [9.17, 15) is 10.1 Å². The summed E-state index contributed by atoms with van der Waals surface area (Å²) >= 11 is 0. The normalized spacial score (nSPS) is 14.4. The number of rotatable bonds is 6. The molecule has 0 saturated carbocycles. The fourth-order valence-electron chi connectivity index (χ4n) is 4.10. The molecule has 0 spiro atoms. The number of nitro benzene ring substituents is 1. The van der Waals surface area contributed by atoms with Crippen molar-refractivity contribution >= 4 is 11.4 Å². The van der Waals surface area contributed by atoms with Crippen LogP contribution in [0.5, 0.6) is 0 Å². The molecule has 33 heavy (non-hydrogen) atoms. The molecule has 5 rings (SSSR count). The third-order valence-electron chi connectivity index (χ3n) is 5.84. The Morgan fingerprint density at radius 1 is 0.879 bits per heavy atom. The smallest absolute Gasteiger partial charge is 0.293 e. The molecule has 1 saturated heterocycles. The highest BCUT2D eigenvalue weighted by atomic mass is 16.6. The Labute approximate surface area is 191 Å². The van der Waals surface area contributed by atoms with Gasteiger partial charge in [0.1, 0.15) is 5.69 Å². The maximum Gasteiger partial charge on any atom is 0.293 e. The van der Waals surface area contributed by atoms with E-state index in [0.717, 1.165) is 38.3 Å². The second-order valence-corrected chi connectivity index (χ2v) is 8.00. The van der Waals surface area contributed by atoms with E-state index in [2.05, 4.69) is 32.1 Å². The molecule has 1 aromatic heterocycles. The van der Waals surface area contributed by atoms with Gasteiger partial charge in [-0.15, -0.1) is 0 Å². The summed E-state index contributed by atoms with van der Waals surface area (Å²) in [6, 6.07) is 24.9. The first-order valence-corrected chi connectivity index (χ1v) is 10.9. The number of benzene rings is 3. The van der Waals surface area contributed by atoms with Crippen molar-refractivity contribution in [2.45, 2.75) is 6.54 Å². The third kappa shape index (κ3) is 4.61. The highest BCUT2D eigenvalue weighted by Crippen LogP contribution is 2.34. The summed E-state index contributed by atoms with van der Waals surface area (Å²) in [6.07, 6.45) is 0. The predicted molar refractivity (Wildman–Crippen MR) is 126 cm³/mol. The molecule has 166 valence electrons. The fourth-order valence-corrected chi connectivity index (χ4v) is 4.10. The van der Waals surface area contributed by atoms with Crippen molar-refractivity contribution < 1.29 is 9.45 Å². The lowest BCUT2D eigenvalue weighted by Crippen LogP contribution is -2.46. The van der Waals surface area contributed by atoms with Crippen molar-refractivity contribution in [3.05, 3.63) is 94.5 Å². The zero-order valence-corrected chi connectivity index (χ0v) is 18.0. The monoisotopic (exact) mass is 441 g/mol. The van der Waals surface area contributed by atoms with Crippen LogP contribution in [0.3, 0.4) is 0 Å². The molecule has 8 heteroatoms. The largest absolute Gasteiger partial charge is 0.363 e. The van der Waals surface area contributed by atoms with E-state index in [1.54, 1.807) is 12.1 Å². The second kappa shape index (κ2) is 9.22. The van der Waals surface area contributed by atoms with Crippen LogP contribution in [-0.2, 0) is 6.54 Å². The van der Waals surface area contributed by atoms with Gasteiger partial charge in [-0.3, -0.25) is 15.0 Å². The second-order valence-electron chi connectivity index (χ2n) is 8.00. The van der Waals surface area contributed by atoms with Gasteiger partial charge in [0.05, 0.1) is 4.92 Å². The van der Waals surface area contributed by atoms with E-state index in [-0.39, 0.29) is 16.5 Å². The van der Waals surface area contributed by atoms with Crippen LogP contribution < -0.4 is 4.90 Å². The molecule has 1 aliphatic heterocycles. The molecule has 8 nitrogen and oxygen atoms in total. The van der Waals surface area contributed by atoms with E-state index >= 15 is 0 Å². The van der Waals surface area contributed by atoms with Crippen LogP contribution in [-0.4, -0.2) is 46.1 Å². The van der Waals surface area contributed by atoms with Gasteiger partial charge in [-0.1, -0.05) is 65.8 Å². The number of piperazine rings is 1. The topological polar surface area (TPSA) is 88.5 Å². The number of hydrogen-bond acceptors (Lipinski definition) is 7. The molecule has 0 aliphatic carbocycles. The summed E-state index contributed by atoms with van der Waals surface area (Å²) in [5.74, 6) is 0.711. The van der Waals surface area contributed by atoms with Crippen LogP contribution in [0.25, 0.3) is 22.8 Å². The van der Waals surface area contributed by atoms with E-state index in [1.165, 1.54) is 11.6 Å². The molecule has 0 N–H and O–H groups in total. The first-order valence-electron chi connectivity index (χ1n) is 10.9. The standard InChI is InChI=1S/C25H23N5O3/c31-30(32)23-17-21(25-26-24(27-33-25)20-9-5-2-6-10-20)11-12-22(23)29-15-13-28(14-16-29)18-19-7-3-1-4-8-19/h1-12,17H,13-16,18H2. The van der Waals surface area contributed by atoms with Crippen molar-refractivity contribution in [3.8, 4) is 22.8 Å². The van der Waals surface area contributed by atoms with Crippen molar-refractivity contribution in [2.75, 3.05) is 31.1 Å². The maximum atomic E-state index is 11.9. The number of hydrogen-bond donors (Lipinski definition) is 0. The molecule has 1 fully saturated rings. The Hall–Kier alpha value is -4.04. The van der Waals surface area contributed by atoms with Crippen molar-refractivity contribution in [2.24, 2.45) is 0 Å². The summed E-state index contributed by atoms with van der Waals surface area (Å²) in [5, 5.41) is 15.9. The van der Waals surface area contributed by atoms with Crippen molar-refractivity contribution in [1.82, 2.24) is 15.0 Å². The quantitative estimate of drug-likeness (QED) is 0.318. The van der Waals surface area contributed by atoms with Crippen molar-refractivity contribution in [3.63, 3.8) is 0 Å². The maximum absolute atomic E-state index is 11.9. The third-order valence-corrected chi connectivity index (χ3v) is 5.84. The molecule has 0 unspecified atom stereocenters. The van der Waals surface area contributed by atoms with Crippen molar-refractivity contribution in [1.29, 1.82) is 0 Å². The molecule has 2 heterocycles. The Bertz CT molecular complexity index is 1240. The van der Waals surface area contributed by atoms with Crippen LogP contribution in [0.15, 0.2) is 83.4 Å². The first-order chi connectivity index (χ1) is 16.2. The molecular weight excluding hydrogens is 418 g/mol. The van der Waals surface area contributed by atoms with E-state index in [0.29, 0.717) is 17.1 Å². The Morgan fingerprint density at radius 2 is 1.58 bits per heavy atom. The number of nitro groups is 1. The van der Waals surface area contributed by atoms with Gasteiger partial charge in [0.25, 0.3) is 11.6 Å². The van der Waals surface area contributed by atoms with Crippen LogP contribution >= 0.6 is 0 Å². The molecule has 0 amide bonds. The molecule has 3 aromatic carbocycles. The average Bonchev–Trinajstić information content (AvgIpc) is 3.36. The zero-order chi connectivity index (χ0) is 22.6. The van der Waals surface area contributed by atoms with E-state index in [4.69, 9.17) is 4.52 Å². The van der Waals surface area contributed by atoms with Gasteiger partial charge in [0, 0.05) is 49.9 Å². The molecular formula is C25H23N5O3. The van der Waals surface area contributed by atoms with Gasteiger partial charge in [0.15, 0.2) is 0 Å². The predicted octanol–water partition coefficient (Wildman–Crippen LogP) is 4.63. The molecule has 0 radical (unpaired) electrons. The Morgan fingerprint density at radius 3 is 2.27 bits per heavy atom. The van der Waals surface area contributed by atoms with Crippen LogP contribution in [0.1, 0.15) is 5.56 Å². The molecule has 4 aromatic rings. The molecule has 0 atom stereocenters. The Balaban J connectivity index is 1.33. The van der Waals surface area contributed by atoms with Gasteiger partial charge >= 0.3 is 0 Å². The number of nitrogens with zero attached hydrogens (tertiary/aromatic N) is 5. The first kappa shape index (κ1) is 20.8. The Kier molecular flexibility index (Phi) is 5.82. The zero-order valence-electron chi connectivity index (χ0n) is 18.0. The van der Waals surface area contributed by atoms with Gasteiger partial charge in [0.2, 0.25) is 5.82 Å². The summed E-state index contributed by atoms with van der Waals surface area (Å²) in [6.45, 7) is 4.03.